The minimum atomic E-state index is -0.186. The summed E-state index contributed by atoms with van der Waals surface area (Å²) in [7, 11) is 0. The first-order valence-corrected chi connectivity index (χ1v) is 10.2. The summed E-state index contributed by atoms with van der Waals surface area (Å²) in [6.07, 6.45) is 5.19. The monoisotopic (exact) mass is 389 g/mol. The summed E-state index contributed by atoms with van der Waals surface area (Å²) >= 11 is 0. The normalized spacial score (nSPS) is 15.3. The average molecular weight is 389 g/mol. The number of nitrogens with zero attached hydrogens (tertiary/aromatic N) is 2. The van der Waals surface area contributed by atoms with Crippen LogP contribution in [0.2, 0.25) is 0 Å². The van der Waals surface area contributed by atoms with Crippen LogP contribution in [-0.4, -0.2) is 28.9 Å². The van der Waals surface area contributed by atoms with E-state index in [1.165, 1.54) is 6.42 Å². The first kappa shape index (κ1) is 17.8. The maximum atomic E-state index is 13.2. The fourth-order valence-electron chi connectivity index (χ4n) is 4.05. The molecule has 0 atom stereocenters. The molecule has 148 valence electrons. The third-order valence-corrected chi connectivity index (χ3v) is 5.45. The lowest BCUT2D eigenvalue weighted by molar-refractivity contribution is 0.102. The number of amides is 1. The Kier molecular flexibility index (Phi) is 4.68. The number of rotatable bonds is 3. The minimum absolute atomic E-state index is 0.186. The van der Waals surface area contributed by atoms with Crippen molar-refractivity contribution >= 4 is 11.6 Å². The third-order valence-electron chi connectivity index (χ3n) is 5.45. The predicted molar refractivity (Wildman–Crippen MR) is 110 cm³/mol. The average Bonchev–Trinajstić information content (AvgIpc) is 2.95. The Morgan fingerprint density at radius 3 is 2.59 bits per heavy atom. The maximum Gasteiger partial charge on any atom is 0.276 e. The first-order chi connectivity index (χ1) is 14.3. The van der Waals surface area contributed by atoms with E-state index < -0.39 is 0 Å². The molecule has 0 saturated carbocycles. The summed E-state index contributed by atoms with van der Waals surface area (Å²) in [5.41, 5.74) is 4.41. The summed E-state index contributed by atoms with van der Waals surface area (Å²) < 4.78 is 13.1. The van der Waals surface area contributed by atoms with Crippen molar-refractivity contribution < 1.29 is 14.3 Å². The molecule has 5 rings (SSSR count). The lowest BCUT2D eigenvalue weighted by Gasteiger charge is -2.18. The van der Waals surface area contributed by atoms with Crippen LogP contribution in [0.5, 0.6) is 11.5 Å². The van der Waals surface area contributed by atoms with Gasteiger partial charge in [0.1, 0.15) is 13.2 Å². The van der Waals surface area contributed by atoms with Crippen LogP contribution in [0, 0.1) is 0 Å². The van der Waals surface area contributed by atoms with Crippen molar-refractivity contribution in [2.24, 2.45) is 0 Å². The molecule has 1 aromatic heterocycles. The van der Waals surface area contributed by atoms with Crippen molar-refractivity contribution in [2.45, 2.75) is 32.1 Å². The Bertz CT molecular complexity index is 1040. The molecule has 29 heavy (non-hydrogen) atoms. The van der Waals surface area contributed by atoms with E-state index in [0.29, 0.717) is 36.1 Å². The van der Waals surface area contributed by atoms with Crippen molar-refractivity contribution in [3.63, 3.8) is 0 Å². The molecule has 0 bridgehead atoms. The molecule has 1 N–H and O–H groups in total. The van der Waals surface area contributed by atoms with Crippen molar-refractivity contribution in [1.29, 1.82) is 0 Å². The number of aromatic nitrogens is 2. The topological polar surface area (TPSA) is 65.4 Å². The number of hydrogen-bond donors (Lipinski definition) is 1. The zero-order valence-corrected chi connectivity index (χ0v) is 16.2. The SMILES string of the molecule is O=C(Nc1ccc2c(c1)OCCO2)c1nn(-c2ccccc2)c2c1CCCCC2. The molecule has 1 aliphatic heterocycles. The summed E-state index contributed by atoms with van der Waals surface area (Å²) in [5, 5.41) is 7.73. The van der Waals surface area contributed by atoms with Gasteiger partial charge < -0.3 is 14.8 Å². The summed E-state index contributed by atoms with van der Waals surface area (Å²) in [6.45, 7) is 1.06. The molecule has 0 fully saturated rings. The Labute approximate surface area is 169 Å². The van der Waals surface area contributed by atoms with Gasteiger partial charge in [-0.25, -0.2) is 4.68 Å². The van der Waals surface area contributed by atoms with Crippen LogP contribution in [0.1, 0.15) is 41.0 Å². The van der Waals surface area contributed by atoms with Crippen LogP contribution in [0.15, 0.2) is 48.5 Å². The Hall–Kier alpha value is -3.28. The van der Waals surface area contributed by atoms with E-state index in [-0.39, 0.29) is 5.91 Å². The fourth-order valence-corrected chi connectivity index (χ4v) is 4.05. The Morgan fingerprint density at radius 2 is 1.72 bits per heavy atom. The van der Waals surface area contributed by atoms with Crippen LogP contribution in [-0.2, 0) is 12.8 Å². The van der Waals surface area contributed by atoms with Gasteiger partial charge in [-0.3, -0.25) is 4.79 Å². The van der Waals surface area contributed by atoms with Gasteiger partial charge in [-0.15, -0.1) is 0 Å². The van der Waals surface area contributed by atoms with E-state index in [0.717, 1.165) is 42.6 Å². The quantitative estimate of drug-likeness (QED) is 0.683. The molecule has 6 heteroatoms. The standard InChI is InChI=1S/C23H23N3O3/c27-23(24-16-11-12-20-21(15-16)29-14-13-28-20)22-18-9-5-2-6-10-19(18)26(25-22)17-7-3-1-4-8-17/h1,3-4,7-8,11-12,15H,2,5-6,9-10,13-14H2,(H,24,27). The lowest BCUT2D eigenvalue weighted by Crippen LogP contribution is -2.17. The molecule has 3 aromatic rings. The Balaban J connectivity index is 1.49. The zero-order valence-electron chi connectivity index (χ0n) is 16.2. The molecular formula is C23H23N3O3. The molecule has 2 heterocycles. The highest BCUT2D eigenvalue weighted by molar-refractivity contribution is 6.04. The van der Waals surface area contributed by atoms with Gasteiger partial charge in [0.05, 0.1) is 5.69 Å². The number of nitrogens with one attached hydrogen (secondary N) is 1. The summed E-state index contributed by atoms with van der Waals surface area (Å²) in [4.78, 5) is 13.2. The highest BCUT2D eigenvalue weighted by Crippen LogP contribution is 2.33. The van der Waals surface area contributed by atoms with Crippen LogP contribution < -0.4 is 14.8 Å². The van der Waals surface area contributed by atoms with Crippen molar-refractivity contribution in [3.05, 3.63) is 65.5 Å². The van der Waals surface area contributed by atoms with Crippen molar-refractivity contribution in [3.8, 4) is 17.2 Å². The minimum Gasteiger partial charge on any atom is -0.486 e. The number of hydrogen-bond acceptors (Lipinski definition) is 4. The Morgan fingerprint density at radius 1 is 0.931 bits per heavy atom. The second kappa shape index (κ2) is 7.62. The maximum absolute atomic E-state index is 13.2. The molecule has 1 aliphatic carbocycles. The van der Waals surface area contributed by atoms with E-state index in [4.69, 9.17) is 14.6 Å². The molecule has 2 aliphatic rings. The van der Waals surface area contributed by atoms with Gasteiger partial charge in [0.15, 0.2) is 17.2 Å². The van der Waals surface area contributed by atoms with E-state index in [1.54, 1.807) is 6.07 Å². The fraction of sp³-hybridized carbons (Fsp3) is 0.304. The predicted octanol–water partition coefficient (Wildman–Crippen LogP) is 4.16. The molecule has 0 radical (unpaired) electrons. The first-order valence-electron chi connectivity index (χ1n) is 10.2. The highest BCUT2D eigenvalue weighted by atomic mass is 16.6. The third kappa shape index (κ3) is 3.46. The summed E-state index contributed by atoms with van der Waals surface area (Å²) in [5.74, 6) is 1.17. The van der Waals surface area contributed by atoms with E-state index in [9.17, 15) is 4.79 Å². The van der Waals surface area contributed by atoms with Gasteiger partial charge in [0, 0.05) is 23.0 Å². The number of ether oxygens (including phenoxy) is 2. The largest absolute Gasteiger partial charge is 0.486 e. The van der Waals surface area contributed by atoms with Crippen LogP contribution >= 0.6 is 0 Å². The van der Waals surface area contributed by atoms with E-state index in [2.05, 4.69) is 5.32 Å². The number of fused-ring (bicyclic) bond motifs is 2. The number of carbonyl (C=O) groups excluding carboxylic acids is 1. The second-order valence-electron chi connectivity index (χ2n) is 7.39. The van der Waals surface area contributed by atoms with Gasteiger partial charge in [0.2, 0.25) is 0 Å². The van der Waals surface area contributed by atoms with Crippen LogP contribution in [0.25, 0.3) is 5.69 Å². The van der Waals surface area contributed by atoms with Crippen LogP contribution in [0.4, 0.5) is 5.69 Å². The number of benzene rings is 2. The molecular weight excluding hydrogens is 366 g/mol. The van der Waals surface area contributed by atoms with Gasteiger partial charge >= 0.3 is 0 Å². The molecule has 0 unspecified atom stereocenters. The molecule has 0 saturated heterocycles. The van der Waals surface area contributed by atoms with Crippen molar-refractivity contribution in [2.75, 3.05) is 18.5 Å². The van der Waals surface area contributed by atoms with Gasteiger partial charge in [-0.1, -0.05) is 24.6 Å². The molecule has 0 spiro atoms. The van der Waals surface area contributed by atoms with E-state index >= 15 is 0 Å². The number of carbonyl (C=O) groups is 1. The molecule has 6 nitrogen and oxygen atoms in total. The van der Waals surface area contributed by atoms with Gasteiger partial charge in [-0.05, 0) is 49.9 Å². The number of para-hydroxylation sites is 1. The second-order valence-corrected chi connectivity index (χ2v) is 7.39. The zero-order chi connectivity index (χ0) is 19.6. The lowest BCUT2D eigenvalue weighted by atomic mass is 10.1. The number of anilines is 1. The van der Waals surface area contributed by atoms with E-state index in [1.807, 2.05) is 47.1 Å². The molecule has 1 amide bonds. The van der Waals surface area contributed by atoms with Crippen LogP contribution in [0.3, 0.4) is 0 Å². The molecule has 2 aromatic carbocycles. The van der Waals surface area contributed by atoms with Gasteiger partial charge in [0.25, 0.3) is 5.91 Å². The van der Waals surface area contributed by atoms with Gasteiger partial charge in [-0.2, -0.15) is 5.10 Å². The van der Waals surface area contributed by atoms with Crippen molar-refractivity contribution in [1.82, 2.24) is 9.78 Å². The highest BCUT2D eigenvalue weighted by Gasteiger charge is 2.25. The summed E-state index contributed by atoms with van der Waals surface area (Å²) in [6, 6.07) is 15.5. The smallest absolute Gasteiger partial charge is 0.276 e.